The number of hydrogen-bond acceptors (Lipinski definition) is 3. The van der Waals surface area contributed by atoms with Crippen molar-refractivity contribution in [1.29, 1.82) is 0 Å². The molecule has 1 amide bonds. The lowest BCUT2D eigenvalue weighted by molar-refractivity contribution is 0.0503. The monoisotopic (exact) mass is 268 g/mol. The fourth-order valence-electron chi connectivity index (χ4n) is 2.36. The van der Waals surface area contributed by atoms with Crippen LogP contribution in [0.25, 0.3) is 0 Å². The van der Waals surface area contributed by atoms with Crippen molar-refractivity contribution in [3.8, 4) is 0 Å². The number of hydrogen-bond donors (Lipinski definition) is 2. The minimum absolute atomic E-state index is 0.00177. The molecule has 18 heavy (non-hydrogen) atoms. The summed E-state index contributed by atoms with van der Waals surface area (Å²) in [4.78, 5) is 14.1. The van der Waals surface area contributed by atoms with E-state index < -0.39 is 0 Å². The van der Waals surface area contributed by atoms with Gasteiger partial charge in [-0.1, -0.05) is 11.6 Å². The lowest BCUT2D eigenvalue weighted by Crippen LogP contribution is -2.45. The quantitative estimate of drug-likeness (QED) is 0.805. The Bertz CT molecular complexity index is 430. The van der Waals surface area contributed by atoms with Gasteiger partial charge in [-0.15, -0.1) is 0 Å². The number of aliphatic hydroxyl groups excluding tert-OH is 1. The highest BCUT2D eigenvalue weighted by atomic mass is 35.5. The maximum absolute atomic E-state index is 12.4. The van der Waals surface area contributed by atoms with E-state index in [0.29, 0.717) is 22.8 Å². The second-order valence-corrected chi connectivity index (χ2v) is 5.04. The lowest BCUT2D eigenvalue weighted by Gasteiger charge is -2.34. The number of amides is 1. The molecule has 0 radical (unpaired) electrons. The average molecular weight is 269 g/mol. The van der Waals surface area contributed by atoms with E-state index >= 15 is 0 Å². The highest BCUT2D eigenvalue weighted by molar-refractivity contribution is 6.31. The zero-order valence-electron chi connectivity index (χ0n) is 10.1. The number of nitrogens with zero attached hydrogens (tertiary/aromatic N) is 1. The van der Waals surface area contributed by atoms with E-state index in [1.807, 2.05) is 0 Å². The molecular formula is C13H17ClN2O2. The first-order chi connectivity index (χ1) is 8.61. The van der Waals surface area contributed by atoms with Crippen molar-refractivity contribution in [2.45, 2.75) is 25.3 Å². The molecule has 0 aliphatic carbocycles. The summed E-state index contributed by atoms with van der Waals surface area (Å²) in [6.07, 6.45) is 2.86. The SMILES string of the molecule is Nc1cc(Cl)cc(C(=O)N2CCCCC2CO)c1. The van der Waals surface area contributed by atoms with Crippen molar-refractivity contribution < 1.29 is 9.90 Å². The van der Waals surface area contributed by atoms with E-state index in [4.69, 9.17) is 17.3 Å². The van der Waals surface area contributed by atoms with E-state index in [0.717, 1.165) is 19.3 Å². The Kier molecular flexibility index (Phi) is 4.09. The molecule has 98 valence electrons. The van der Waals surface area contributed by atoms with Gasteiger partial charge in [-0.2, -0.15) is 0 Å². The normalized spacial score (nSPS) is 19.9. The van der Waals surface area contributed by atoms with E-state index in [-0.39, 0.29) is 18.6 Å². The van der Waals surface area contributed by atoms with Crippen LogP contribution in [0.4, 0.5) is 5.69 Å². The molecule has 1 aliphatic heterocycles. The molecule has 1 fully saturated rings. The van der Waals surface area contributed by atoms with E-state index in [2.05, 4.69) is 0 Å². The largest absolute Gasteiger partial charge is 0.399 e. The molecule has 0 aromatic heterocycles. The van der Waals surface area contributed by atoms with Crippen LogP contribution in [0.15, 0.2) is 18.2 Å². The van der Waals surface area contributed by atoms with Crippen LogP contribution in [0.2, 0.25) is 5.02 Å². The molecule has 4 nitrogen and oxygen atoms in total. The maximum atomic E-state index is 12.4. The Morgan fingerprint density at radius 2 is 2.22 bits per heavy atom. The average Bonchev–Trinajstić information content (AvgIpc) is 2.36. The van der Waals surface area contributed by atoms with Crippen LogP contribution in [0.3, 0.4) is 0 Å². The summed E-state index contributed by atoms with van der Waals surface area (Å²) in [5, 5.41) is 9.78. The predicted molar refractivity (Wildman–Crippen MR) is 71.6 cm³/mol. The summed E-state index contributed by atoms with van der Waals surface area (Å²) in [5.41, 5.74) is 6.65. The Hall–Kier alpha value is -1.26. The number of nitrogen functional groups attached to an aromatic ring is 1. The number of likely N-dealkylation sites (tertiary alicyclic amines) is 1. The molecule has 1 unspecified atom stereocenters. The van der Waals surface area contributed by atoms with Gasteiger partial charge in [0, 0.05) is 22.8 Å². The van der Waals surface area contributed by atoms with Crippen molar-refractivity contribution in [1.82, 2.24) is 4.90 Å². The van der Waals surface area contributed by atoms with Crippen molar-refractivity contribution >= 4 is 23.2 Å². The van der Waals surface area contributed by atoms with Crippen LogP contribution >= 0.6 is 11.6 Å². The molecule has 1 saturated heterocycles. The van der Waals surface area contributed by atoms with Gasteiger partial charge >= 0.3 is 0 Å². The number of anilines is 1. The van der Waals surface area contributed by atoms with Crippen LogP contribution in [-0.4, -0.2) is 35.1 Å². The van der Waals surface area contributed by atoms with Gasteiger partial charge in [-0.05, 0) is 37.5 Å². The van der Waals surface area contributed by atoms with Gasteiger partial charge in [0.05, 0.1) is 12.6 Å². The first-order valence-corrected chi connectivity index (χ1v) is 6.47. The third-order valence-corrected chi connectivity index (χ3v) is 3.48. The summed E-state index contributed by atoms with van der Waals surface area (Å²) < 4.78 is 0. The zero-order valence-corrected chi connectivity index (χ0v) is 10.9. The van der Waals surface area contributed by atoms with Crippen molar-refractivity contribution in [2.24, 2.45) is 0 Å². The highest BCUT2D eigenvalue weighted by Gasteiger charge is 2.27. The number of rotatable bonds is 2. The molecule has 0 bridgehead atoms. The fourth-order valence-corrected chi connectivity index (χ4v) is 2.60. The van der Waals surface area contributed by atoms with E-state index in [1.54, 1.807) is 23.1 Å². The molecule has 1 aliphatic rings. The molecule has 2 rings (SSSR count). The van der Waals surface area contributed by atoms with E-state index in [9.17, 15) is 9.90 Å². The molecule has 0 saturated carbocycles. The smallest absolute Gasteiger partial charge is 0.254 e. The predicted octanol–water partition coefficient (Wildman–Crippen LogP) is 1.91. The van der Waals surface area contributed by atoms with Gasteiger partial charge in [0.15, 0.2) is 0 Å². The van der Waals surface area contributed by atoms with Crippen molar-refractivity contribution in [3.63, 3.8) is 0 Å². The van der Waals surface area contributed by atoms with Gasteiger partial charge in [0.25, 0.3) is 5.91 Å². The van der Waals surface area contributed by atoms with Crippen LogP contribution < -0.4 is 5.73 Å². The maximum Gasteiger partial charge on any atom is 0.254 e. The molecule has 1 atom stereocenters. The number of piperidine rings is 1. The number of benzene rings is 1. The topological polar surface area (TPSA) is 66.6 Å². The number of nitrogens with two attached hydrogens (primary N) is 1. The fraction of sp³-hybridized carbons (Fsp3) is 0.462. The molecular weight excluding hydrogens is 252 g/mol. The molecule has 3 N–H and O–H groups in total. The third-order valence-electron chi connectivity index (χ3n) is 3.27. The van der Waals surface area contributed by atoms with Gasteiger partial charge in [0.1, 0.15) is 0 Å². The number of halogens is 1. The second-order valence-electron chi connectivity index (χ2n) is 4.60. The highest BCUT2D eigenvalue weighted by Crippen LogP contribution is 2.22. The van der Waals surface area contributed by atoms with Crippen LogP contribution in [0.5, 0.6) is 0 Å². The Morgan fingerprint density at radius 3 is 2.89 bits per heavy atom. The zero-order chi connectivity index (χ0) is 13.1. The van der Waals surface area contributed by atoms with Gasteiger partial charge in [0.2, 0.25) is 0 Å². The first kappa shape index (κ1) is 13.2. The second kappa shape index (κ2) is 5.59. The van der Waals surface area contributed by atoms with Gasteiger partial charge in [-0.3, -0.25) is 4.79 Å². The number of aliphatic hydroxyl groups is 1. The molecule has 1 aromatic rings. The third kappa shape index (κ3) is 2.76. The molecule has 0 spiro atoms. The number of carbonyl (C=O) groups excluding carboxylic acids is 1. The minimum Gasteiger partial charge on any atom is -0.399 e. The van der Waals surface area contributed by atoms with Gasteiger partial charge in [-0.25, -0.2) is 0 Å². The molecule has 5 heteroatoms. The molecule has 1 heterocycles. The van der Waals surface area contributed by atoms with Crippen LogP contribution in [0, 0.1) is 0 Å². The summed E-state index contributed by atoms with van der Waals surface area (Å²) >= 11 is 5.90. The van der Waals surface area contributed by atoms with Gasteiger partial charge < -0.3 is 15.7 Å². The summed E-state index contributed by atoms with van der Waals surface area (Å²) in [7, 11) is 0. The standard InChI is InChI=1S/C13H17ClN2O2/c14-10-5-9(6-11(15)7-10)13(18)16-4-2-1-3-12(16)8-17/h5-7,12,17H,1-4,8,15H2. The van der Waals surface area contributed by atoms with Crippen LogP contribution in [-0.2, 0) is 0 Å². The van der Waals surface area contributed by atoms with Crippen LogP contribution in [0.1, 0.15) is 29.6 Å². The van der Waals surface area contributed by atoms with Crippen molar-refractivity contribution in [2.75, 3.05) is 18.9 Å². The lowest BCUT2D eigenvalue weighted by atomic mass is 10.0. The van der Waals surface area contributed by atoms with Crippen molar-refractivity contribution in [3.05, 3.63) is 28.8 Å². The summed E-state index contributed by atoms with van der Waals surface area (Å²) in [6.45, 7) is 0.679. The Balaban J connectivity index is 2.23. The molecule has 1 aromatic carbocycles. The van der Waals surface area contributed by atoms with E-state index in [1.165, 1.54) is 0 Å². The summed E-state index contributed by atoms with van der Waals surface area (Å²) in [5.74, 6) is -0.108. The first-order valence-electron chi connectivity index (χ1n) is 6.09. The Morgan fingerprint density at radius 1 is 1.44 bits per heavy atom. The number of carbonyl (C=O) groups is 1. The minimum atomic E-state index is -0.108. The Labute approximate surface area is 111 Å². The summed E-state index contributed by atoms with van der Waals surface area (Å²) in [6, 6.07) is 4.75.